The quantitative estimate of drug-likeness (QED) is 0.628. The fraction of sp³-hybridized carbons (Fsp3) is 0.130. The Hall–Kier alpha value is -3.84. The lowest BCUT2D eigenvalue weighted by Crippen LogP contribution is -2.29. The number of hydroxylamine groups is 2. The van der Waals surface area contributed by atoms with Crippen LogP contribution < -0.4 is 9.47 Å². The number of imide groups is 1. The van der Waals surface area contributed by atoms with Gasteiger partial charge in [0.1, 0.15) is 12.4 Å². The standard InChI is InChI=1S/C23H19NO6/c1-28-19-11-8-15(12-20(19)29-2)17-4-3-5-18-21(17)23(27)24(22(18)26)30-13-14-6-9-16(25)10-7-14/h3-12,25H,13H2,1-2H3. The Balaban J connectivity index is 1.65. The molecule has 3 aromatic rings. The topological polar surface area (TPSA) is 85.3 Å². The molecule has 1 aliphatic rings. The lowest BCUT2D eigenvalue weighted by atomic mass is 9.96. The summed E-state index contributed by atoms with van der Waals surface area (Å²) in [5.41, 5.74) is 2.58. The number of methoxy groups -OCH3 is 2. The average Bonchev–Trinajstić information content (AvgIpc) is 3.02. The van der Waals surface area contributed by atoms with Gasteiger partial charge in [-0.25, -0.2) is 0 Å². The highest BCUT2D eigenvalue weighted by atomic mass is 16.7. The molecule has 2 amide bonds. The largest absolute Gasteiger partial charge is 0.508 e. The van der Waals surface area contributed by atoms with Crippen molar-refractivity contribution in [2.45, 2.75) is 6.61 Å². The molecule has 0 spiro atoms. The fourth-order valence-corrected chi connectivity index (χ4v) is 3.36. The number of phenolic OH excluding ortho intramolecular Hbond substituents is 1. The lowest BCUT2D eigenvalue weighted by molar-refractivity contribution is -0.101. The molecule has 1 heterocycles. The number of benzene rings is 3. The smallest absolute Gasteiger partial charge is 0.286 e. The van der Waals surface area contributed by atoms with Gasteiger partial charge in [0.15, 0.2) is 11.5 Å². The third-order valence-corrected chi connectivity index (χ3v) is 4.87. The van der Waals surface area contributed by atoms with Gasteiger partial charge >= 0.3 is 0 Å². The fourth-order valence-electron chi connectivity index (χ4n) is 3.36. The second-order valence-corrected chi connectivity index (χ2v) is 6.64. The van der Waals surface area contributed by atoms with Crippen LogP contribution in [0.15, 0.2) is 60.7 Å². The minimum absolute atomic E-state index is 0.0113. The Kier molecular flexibility index (Phi) is 5.12. The first kappa shape index (κ1) is 19.5. The highest BCUT2D eigenvalue weighted by Gasteiger charge is 2.39. The van der Waals surface area contributed by atoms with E-state index in [0.717, 1.165) is 5.06 Å². The number of amides is 2. The minimum Gasteiger partial charge on any atom is -0.508 e. The van der Waals surface area contributed by atoms with E-state index < -0.39 is 11.8 Å². The van der Waals surface area contributed by atoms with Crippen molar-refractivity contribution in [3.05, 3.63) is 77.4 Å². The van der Waals surface area contributed by atoms with Crippen LogP contribution in [0.4, 0.5) is 0 Å². The third kappa shape index (κ3) is 3.35. The van der Waals surface area contributed by atoms with Gasteiger partial charge in [-0.15, -0.1) is 5.06 Å². The summed E-state index contributed by atoms with van der Waals surface area (Å²) in [6.45, 7) is 0.0113. The predicted octanol–water partition coefficient (Wildman–Crippen LogP) is 3.80. The van der Waals surface area contributed by atoms with Gasteiger partial charge in [0.25, 0.3) is 11.8 Å². The van der Waals surface area contributed by atoms with Gasteiger partial charge < -0.3 is 14.6 Å². The van der Waals surface area contributed by atoms with Gasteiger partial charge in [-0.3, -0.25) is 14.4 Å². The highest BCUT2D eigenvalue weighted by molar-refractivity contribution is 6.23. The van der Waals surface area contributed by atoms with Crippen LogP contribution in [-0.2, 0) is 11.4 Å². The van der Waals surface area contributed by atoms with Crippen LogP contribution in [0.5, 0.6) is 17.2 Å². The van der Waals surface area contributed by atoms with Gasteiger partial charge in [-0.1, -0.05) is 30.3 Å². The molecule has 1 aliphatic heterocycles. The van der Waals surface area contributed by atoms with Gasteiger partial charge in [-0.05, 0) is 47.0 Å². The molecular weight excluding hydrogens is 386 g/mol. The molecule has 7 heteroatoms. The molecule has 0 aliphatic carbocycles. The van der Waals surface area contributed by atoms with Crippen molar-refractivity contribution in [1.29, 1.82) is 0 Å². The number of aromatic hydroxyl groups is 1. The van der Waals surface area contributed by atoms with Crippen molar-refractivity contribution < 1.29 is 29.0 Å². The van der Waals surface area contributed by atoms with E-state index in [1.165, 1.54) is 19.2 Å². The van der Waals surface area contributed by atoms with Crippen LogP contribution in [0, 0.1) is 0 Å². The van der Waals surface area contributed by atoms with Crippen molar-refractivity contribution in [1.82, 2.24) is 5.06 Å². The van der Waals surface area contributed by atoms with Gasteiger partial charge in [0, 0.05) is 0 Å². The maximum absolute atomic E-state index is 13.0. The van der Waals surface area contributed by atoms with E-state index in [-0.39, 0.29) is 23.5 Å². The van der Waals surface area contributed by atoms with Gasteiger partial charge in [0.2, 0.25) is 0 Å². The summed E-state index contributed by atoms with van der Waals surface area (Å²) in [6, 6.07) is 16.7. The highest BCUT2D eigenvalue weighted by Crippen LogP contribution is 2.37. The first-order valence-electron chi connectivity index (χ1n) is 9.18. The van der Waals surface area contributed by atoms with E-state index in [1.54, 1.807) is 55.6 Å². The molecule has 152 valence electrons. The van der Waals surface area contributed by atoms with Crippen LogP contribution in [0.2, 0.25) is 0 Å². The van der Waals surface area contributed by atoms with E-state index in [9.17, 15) is 14.7 Å². The molecule has 1 N–H and O–H groups in total. The molecule has 0 atom stereocenters. The zero-order valence-corrected chi connectivity index (χ0v) is 16.4. The average molecular weight is 405 g/mol. The van der Waals surface area contributed by atoms with Crippen molar-refractivity contribution >= 4 is 11.8 Å². The number of rotatable bonds is 6. The summed E-state index contributed by atoms with van der Waals surface area (Å²) in [6.07, 6.45) is 0. The second kappa shape index (κ2) is 7.88. The molecule has 3 aromatic carbocycles. The minimum atomic E-state index is -0.529. The van der Waals surface area contributed by atoms with Gasteiger partial charge in [0.05, 0.1) is 25.3 Å². The molecular formula is C23H19NO6. The summed E-state index contributed by atoms with van der Waals surface area (Å²) in [5.74, 6) is 0.161. The number of nitrogens with zero attached hydrogens (tertiary/aromatic N) is 1. The predicted molar refractivity (Wildman–Crippen MR) is 108 cm³/mol. The van der Waals surface area contributed by atoms with E-state index in [2.05, 4.69) is 0 Å². The summed E-state index contributed by atoms with van der Waals surface area (Å²) in [5, 5.41) is 10.2. The molecule has 0 unspecified atom stereocenters. The van der Waals surface area contributed by atoms with E-state index in [0.29, 0.717) is 28.2 Å². The van der Waals surface area contributed by atoms with Crippen LogP contribution in [-0.4, -0.2) is 36.2 Å². The number of fused-ring (bicyclic) bond motifs is 1. The maximum Gasteiger partial charge on any atom is 0.286 e. The normalized spacial score (nSPS) is 12.8. The number of carbonyl (C=O) groups excluding carboxylic acids is 2. The summed E-state index contributed by atoms with van der Waals surface area (Å²) >= 11 is 0. The summed E-state index contributed by atoms with van der Waals surface area (Å²) in [4.78, 5) is 31.3. The van der Waals surface area contributed by atoms with Crippen LogP contribution in [0.3, 0.4) is 0 Å². The number of ether oxygens (including phenoxy) is 2. The number of phenols is 1. The number of carbonyl (C=O) groups is 2. The molecule has 0 saturated carbocycles. The zero-order chi connectivity index (χ0) is 21.3. The number of hydrogen-bond acceptors (Lipinski definition) is 6. The van der Waals surface area contributed by atoms with Crippen LogP contribution >= 0.6 is 0 Å². The van der Waals surface area contributed by atoms with E-state index >= 15 is 0 Å². The Morgan fingerprint density at radius 1 is 0.833 bits per heavy atom. The summed E-state index contributed by atoms with van der Waals surface area (Å²) in [7, 11) is 3.08. The lowest BCUT2D eigenvalue weighted by Gasteiger charge is -2.14. The van der Waals surface area contributed by atoms with Crippen molar-refractivity contribution in [2.24, 2.45) is 0 Å². The Morgan fingerprint density at radius 3 is 2.23 bits per heavy atom. The summed E-state index contributed by atoms with van der Waals surface area (Å²) < 4.78 is 10.6. The van der Waals surface area contributed by atoms with E-state index in [4.69, 9.17) is 14.3 Å². The Labute approximate surface area is 173 Å². The number of hydrogen-bond donors (Lipinski definition) is 1. The van der Waals surface area contributed by atoms with Crippen molar-refractivity contribution in [2.75, 3.05) is 14.2 Å². The molecule has 0 fully saturated rings. The van der Waals surface area contributed by atoms with Gasteiger partial charge in [-0.2, -0.15) is 0 Å². The molecule has 7 nitrogen and oxygen atoms in total. The molecule has 0 saturated heterocycles. The maximum atomic E-state index is 13.0. The SMILES string of the molecule is COc1ccc(-c2cccc3c2C(=O)N(OCc2ccc(O)cc2)C3=O)cc1OC. The first-order chi connectivity index (χ1) is 14.5. The molecule has 4 rings (SSSR count). The molecule has 0 bridgehead atoms. The second-order valence-electron chi connectivity index (χ2n) is 6.64. The van der Waals surface area contributed by atoms with Crippen LogP contribution in [0.1, 0.15) is 26.3 Å². The Morgan fingerprint density at radius 2 is 1.53 bits per heavy atom. The zero-order valence-electron chi connectivity index (χ0n) is 16.4. The van der Waals surface area contributed by atoms with E-state index in [1.807, 2.05) is 0 Å². The van der Waals surface area contributed by atoms with Crippen molar-refractivity contribution in [3.8, 4) is 28.4 Å². The third-order valence-electron chi connectivity index (χ3n) is 4.87. The monoisotopic (exact) mass is 405 g/mol. The molecule has 0 aromatic heterocycles. The Bertz CT molecular complexity index is 1120. The first-order valence-corrected chi connectivity index (χ1v) is 9.18. The molecule has 30 heavy (non-hydrogen) atoms. The van der Waals surface area contributed by atoms with Crippen molar-refractivity contribution in [3.63, 3.8) is 0 Å². The van der Waals surface area contributed by atoms with Crippen LogP contribution in [0.25, 0.3) is 11.1 Å². The molecule has 0 radical (unpaired) electrons.